The highest BCUT2D eigenvalue weighted by Gasteiger charge is 2.18. The number of nitrogens with one attached hydrogen (secondary N) is 1. The molecule has 0 aliphatic rings. The molecule has 0 unspecified atom stereocenters. The molecule has 0 aromatic heterocycles. The molecule has 0 saturated heterocycles. The van der Waals surface area contributed by atoms with Gasteiger partial charge in [0, 0.05) is 12.1 Å². The minimum atomic E-state index is -0.531. The van der Waals surface area contributed by atoms with Crippen LogP contribution in [0, 0.1) is 16.7 Å². The van der Waals surface area contributed by atoms with E-state index >= 15 is 0 Å². The number of nitrogens with zero attached hydrogens (tertiary/aromatic N) is 1. The standard InChI is InChI=1S/C14H18N2O/c1-4-11-7-5-6-8-12(11)13(17)16-10-14(2,3)9-15/h5-8H,4,10H2,1-3H3,(H,16,17). The Morgan fingerprint density at radius 2 is 2.06 bits per heavy atom. The molecule has 1 amide bonds. The van der Waals surface area contributed by atoms with Gasteiger partial charge in [0.15, 0.2) is 0 Å². The Morgan fingerprint density at radius 1 is 1.41 bits per heavy atom. The van der Waals surface area contributed by atoms with Crippen molar-refractivity contribution in [2.75, 3.05) is 6.54 Å². The fraction of sp³-hybridized carbons (Fsp3) is 0.429. The topological polar surface area (TPSA) is 52.9 Å². The lowest BCUT2D eigenvalue weighted by atomic mass is 9.95. The van der Waals surface area contributed by atoms with E-state index in [1.807, 2.05) is 31.2 Å². The maximum absolute atomic E-state index is 12.0. The van der Waals surface area contributed by atoms with Crippen molar-refractivity contribution in [1.82, 2.24) is 5.32 Å². The van der Waals surface area contributed by atoms with E-state index in [1.165, 1.54) is 0 Å². The number of carbonyl (C=O) groups excluding carboxylic acids is 1. The second kappa shape index (κ2) is 5.49. The number of hydrogen-bond donors (Lipinski definition) is 1. The number of aryl methyl sites for hydroxylation is 1. The molecule has 0 spiro atoms. The molecule has 1 aromatic rings. The molecular weight excluding hydrogens is 212 g/mol. The molecule has 0 aliphatic heterocycles. The lowest BCUT2D eigenvalue weighted by Crippen LogP contribution is -2.33. The Morgan fingerprint density at radius 3 is 2.65 bits per heavy atom. The van der Waals surface area contributed by atoms with Gasteiger partial charge in [0.2, 0.25) is 0 Å². The van der Waals surface area contributed by atoms with Crippen molar-refractivity contribution in [2.24, 2.45) is 5.41 Å². The van der Waals surface area contributed by atoms with Crippen molar-refractivity contribution in [2.45, 2.75) is 27.2 Å². The normalized spacial score (nSPS) is 10.7. The third kappa shape index (κ3) is 3.60. The van der Waals surface area contributed by atoms with E-state index in [4.69, 9.17) is 5.26 Å². The summed E-state index contributed by atoms with van der Waals surface area (Å²) in [6.07, 6.45) is 0.825. The number of carbonyl (C=O) groups is 1. The molecule has 3 nitrogen and oxygen atoms in total. The van der Waals surface area contributed by atoms with Gasteiger partial charge in [-0.1, -0.05) is 25.1 Å². The van der Waals surface area contributed by atoms with Crippen LogP contribution in [-0.4, -0.2) is 12.5 Å². The van der Waals surface area contributed by atoms with Crippen LogP contribution in [0.2, 0.25) is 0 Å². The molecule has 90 valence electrons. The van der Waals surface area contributed by atoms with E-state index in [-0.39, 0.29) is 5.91 Å². The van der Waals surface area contributed by atoms with Crippen LogP contribution in [-0.2, 0) is 6.42 Å². The number of amides is 1. The largest absolute Gasteiger partial charge is 0.350 e. The van der Waals surface area contributed by atoms with Crippen LogP contribution in [0.15, 0.2) is 24.3 Å². The molecule has 1 aromatic carbocycles. The van der Waals surface area contributed by atoms with Crippen LogP contribution in [0.1, 0.15) is 36.7 Å². The average Bonchev–Trinajstić information content (AvgIpc) is 2.36. The van der Waals surface area contributed by atoms with Crippen molar-refractivity contribution >= 4 is 5.91 Å². The first-order valence-corrected chi connectivity index (χ1v) is 5.77. The first-order chi connectivity index (χ1) is 8.00. The van der Waals surface area contributed by atoms with Gasteiger partial charge in [0.05, 0.1) is 11.5 Å². The average molecular weight is 230 g/mol. The van der Waals surface area contributed by atoms with Gasteiger partial charge in [0.25, 0.3) is 5.91 Å². The van der Waals surface area contributed by atoms with Gasteiger partial charge in [-0.15, -0.1) is 0 Å². The molecule has 0 atom stereocenters. The van der Waals surface area contributed by atoms with E-state index in [9.17, 15) is 4.79 Å². The Labute approximate surface area is 102 Å². The van der Waals surface area contributed by atoms with Crippen LogP contribution in [0.25, 0.3) is 0 Å². The van der Waals surface area contributed by atoms with Crippen LogP contribution in [0.5, 0.6) is 0 Å². The first-order valence-electron chi connectivity index (χ1n) is 5.77. The smallest absolute Gasteiger partial charge is 0.251 e. The van der Waals surface area contributed by atoms with Crippen molar-refractivity contribution in [1.29, 1.82) is 5.26 Å². The van der Waals surface area contributed by atoms with E-state index in [0.29, 0.717) is 12.1 Å². The zero-order valence-electron chi connectivity index (χ0n) is 10.6. The molecule has 0 saturated carbocycles. The summed E-state index contributed by atoms with van der Waals surface area (Å²) < 4.78 is 0. The molecule has 1 rings (SSSR count). The minimum Gasteiger partial charge on any atom is -0.350 e. The third-order valence-corrected chi connectivity index (χ3v) is 2.64. The number of nitriles is 1. The lowest BCUT2D eigenvalue weighted by Gasteiger charge is -2.16. The van der Waals surface area contributed by atoms with Crippen molar-refractivity contribution < 1.29 is 4.79 Å². The second-order valence-electron chi connectivity index (χ2n) is 4.69. The number of rotatable bonds is 4. The monoisotopic (exact) mass is 230 g/mol. The molecule has 3 heteroatoms. The molecule has 0 fully saturated rings. The highest BCUT2D eigenvalue weighted by Crippen LogP contribution is 2.13. The summed E-state index contributed by atoms with van der Waals surface area (Å²) in [7, 11) is 0. The molecule has 0 aliphatic carbocycles. The maximum atomic E-state index is 12.0. The van der Waals surface area contributed by atoms with E-state index < -0.39 is 5.41 Å². The fourth-order valence-electron chi connectivity index (χ4n) is 1.49. The Balaban J connectivity index is 2.75. The van der Waals surface area contributed by atoms with Crippen molar-refractivity contribution in [3.8, 4) is 6.07 Å². The van der Waals surface area contributed by atoms with Crippen LogP contribution < -0.4 is 5.32 Å². The van der Waals surface area contributed by atoms with Crippen LogP contribution >= 0.6 is 0 Å². The summed E-state index contributed by atoms with van der Waals surface area (Å²) in [5, 5.41) is 11.7. The first kappa shape index (κ1) is 13.2. The van der Waals surface area contributed by atoms with E-state index in [1.54, 1.807) is 13.8 Å². The van der Waals surface area contributed by atoms with Crippen molar-refractivity contribution in [3.05, 3.63) is 35.4 Å². The fourth-order valence-corrected chi connectivity index (χ4v) is 1.49. The summed E-state index contributed by atoms with van der Waals surface area (Å²) in [5.74, 6) is -0.106. The molecule has 0 radical (unpaired) electrons. The second-order valence-corrected chi connectivity index (χ2v) is 4.69. The molecule has 0 heterocycles. The van der Waals surface area contributed by atoms with Gasteiger partial charge in [0.1, 0.15) is 0 Å². The molecular formula is C14H18N2O. The van der Waals surface area contributed by atoms with E-state index in [0.717, 1.165) is 12.0 Å². The van der Waals surface area contributed by atoms with Gasteiger partial charge < -0.3 is 5.32 Å². The highest BCUT2D eigenvalue weighted by atomic mass is 16.1. The lowest BCUT2D eigenvalue weighted by molar-refractivity contribution is 0.0943. The van der Waals surface area contributed by atoms with Crippen LogP contribution in [0.4, 0.5) is 0 Å². The predicted molar refractivity (Wildman–Crippen MR) is 67.5 cm³/mol. The summed E-state index contributed by atoms with van der Waals surface area (Å²) >= 11 is 0. The summed E-state index contributed by atoms with van der Waals surface area (Å²) in [4.78, 5) is 12.0. The van der Waals surface area contributed by atoms with Gasteiger partial charge in [-0.2, -0.15) is 5.26 Å². The van der Waals surface area contributed by atoms with Crippen LogP contribution in [0.3, 0.4) is 0 Å². The Hall–Kier alpha value is -1.82. The van der Waals surface area contributed by atoms with Gasteiger partial charge in [-0.05, 0) is 31.9 Å². The van der Waals surface area contributed by atoms with E-state index in [2.05, 4.69) is 11.4 Å². The number of hydrogen-bond acceptors (Lipinski definition) is 2. The third-order valence-electron chi connectivity index (χ3n) is 2.64. The summed E-state index contributed by atoms with van der Waals surface area (Å²) in [6, 6.07) is 9.70. The Kier molecular flexibility index (Phi) is 4.28. The predicted octanol–water partition coefficient (Wildman–Crippen LogP) is 2.53. The number of benzene rings is 1. The van der Waals surface area contributed by atoms with Crippen molar-refractivity contribution in [3.63, 3.8) is 0 Å². The quantitative estimate of drug-likeness (QED) is 0.864. The van der Waals surface area contributed by atoms with Gasteiger partial charge >= 0.3 is 0 Å². The Bertz CT molecular complexity index is 444. The highest BCUT2D eigenvalue weighted by molar-refractivity contribution is 5.95. The molecule has 0 bridgehead atoms. The zero-order chi connectivity index (χ0) is 12.9. The molecule has 1 N–H and O–H groups in total. The minimum absolute atomic E-state index is 0.106. The molecule has 17 heavy (non-hydrogen) atoms. The van der Waals surface area contributed by atoms with Gasteiger partial charge in [-0.3, -0.25) is 4.79 Å². The summed E-state index contributed by atoms with van der Waals surface area (Å²) in [5.41, 5.74) is 1.19. The van der Waals surface area contributed by atoms with Gasteiger partial charge in [-0.25, -0.2) is 0 Å². The SMILES string of the molecule is CCc1ccccc1C(=O)NCC(C)(C)C#N. The zero-order valence-corrected chi connectivity index (χ0v) is 10.6. The maximum Gasteiger partial charge on any atom is 0.251 e. The summed E-state index contributed by atoms with van der Waals surface area (Å²) in [6.45, 7) is 5.99.